The number of ether oxygens (including phenoxy) is 1. The minimum Gasteiger partial charge on any atom is -0.385 e. The number of carbonyl (C=O) groups is 1. The molecule has 0 aromatic carbocycles. The maximum atomic E-state index is 13.0. The molecule has 3 rings (SSSR count). The molecule has 0 aliphatic heterocycles. The van der Waals surface area contributed by atoms with E-state index in [1.54, 1.807) is 23.9 Å². The molecule has 0 bridgehead atoms. The van der Waals surface area contributed by atoms with Gasteiger partial charge in [0.25, 0.3) is 17.1 Å². The number of pyridine rings is 2. The van der Waals surface area contributed by atoms with Crippen LogP contribution in [0.25, 0.3) is 16.7 Å². The van der Waals surface area contributed by atoms with E-state index in [0.29, 0.717) is 48.6 Å². The van der Waals surface area contributed by atoms with Crippen molar-refractivity contribution in [1.29, 1.82) is 0 Å². The number of nitrogens with two attached hydrogens (primary N) is 1. The zero-order valence-corrected chi connectivity index (χ0v) is 15.8. The van der Waals surface area contributed by atoms with Gasteiger partial charge in [0.1, 0.15) is 10.9 Å². The molecule has 3 N–H and O–H groups in total. The van der Waals surface area contributed by atoms with Crippen molar-refractivity contribution < 1.29 is 14.1 Å². The lowest BCUT2D eigenvalue weighted by atomic mass is 10.1. The summed E-state index contributed by atoms with van der Waals surface area (Å²) in [5.41, 5.74) is 8.24. The summed E-state index contributed by atoms with van der Waals surface area (Å²) in [4.78, 5) is 30.3. The second kappa shape index (κ2) is 7.71. The highest BCUT2D eigenvalue weighted by Crippen LogP contribution is 2.15. The second-order valence-corrected chi connectivity index (χ2v) is 6.33. The van der Waals surface area contributed by atoms with Crippen molar-refractivity contribution in [3.8, 4) is 0 Å². The van der Waals surface area contributed by atoms with E-state index < -0.39 is 0 Å². The van der Waals surface area contributed by atoms with Gasteiger partial charge in [-0.2, -0.15) is 0 Å². The second-order valence-electron chi connectivity index (χ2n) is 6.33. The molecule has 0 aliphatic carbocycles. The summed E-state index contributed by atoms with van der Waals surface area (Å²) in [7, 11) is 1.61. The Bertz CT molecular complexity index is 1070. The molecule has 0 saturated heterocycles. The van der Waals surface area contributed by atoms with Gasteiger partial charge in [-0.3, -0.25) is 14.0 Å². The first kappa shape index (κ1) is 18.8. The van der Waals surface area contributed by atoms with Gasteiger partial charge in [0.2, 0.25) is 11.5 Å². The summed E-state index contributed by atoms with van der Waals surface area (Å²) < 4.78 is 8.18. The Morgan fingerprint density at radius 3 is 2.93 bits per heavy atom. The Hall–Kier alpha value is -3.00. The molecule has 0 fully saturated rings. The van der Waals surface area contributed by atoms with E-state index in [1.807, 2.05) is 19.9 Å². The Labute approximate surface area is 156 Å². The third-order valence-electron chi connectivity index (χ3n) is 4.55. The van der Waals surface area contributed by atoms with E-state index in [4.69, 9.17) is 10.5 Å². The first-order chi connectivity index (χ1) is 13.0. The van der Waals surface area contributed by atoms with Crippen molar-refractivity contribution in [2.75, 3.05) is 26.0 Å². The van der Waals surface area contributed by atoms with Crippen molar-refractivity contribution in [3.63, 3.8) is 0 Å². The fourth-order valence-corrected chi connectivity index (χ4v) is 3.13. The largest absolute Gasteiger partial charge is 0.385 e. The maximum Gasteiger partial charge on any atom is 0.278 e. The SMILES string of the molecule is CC[n+]1c(N)c(C(=O)NCCCOC)cc2c(=O)n3cccc(C)c3nc21. The molecule has 3 heterocycles. The molecule has 8 nitrogen and oxygen atoms in total. The van der Waals surface area contributed by atoms with Crippen LogP contribution in [0, 0.1) is 6.92 Å². The quantitative estimate of drug-likeness (QED) is 0.380. The number of nitrogens with one attached hydrogen (secondary N) is 1. The maximum absolute atomic E-state index is 13.0. The minimum atomic E-state index is -0.318. The van der Waals surface area contributed by atoms with Gasteiger partial charge in [0.15, 0.2) is 0 Å². The van der Waals surface area contributed by atoms with Crippen LogP contribution in [0.15, 0.2) is 29.2 Å². The molecule has 3 aromatic rings. The summed E-state index contributed by atoms with van der Waals surface area (Å²) in [5.74, 6) is -0.0273. The molecule has 27 heavy (non-hydrogen) atoms. The Morgan fingerprint density at radius 1 is 1.44 bits per heavy atom. The van der Waals surface area contributed by atoms with Crippen LogP contribution < -0.4 is 21.2 Å². The van der Waals surface area contributed by atoms with Crippen molar-refractivity contribution in [1.82, 2.24) is 14.7 Å². The Morgan fingerprint density at radius 2 is 2.22 bits per heavy atom. The van der Waals surface area contributed by atoms with Gasteiger partial charge >= 0.3 is 0 Å². The average Bonchev–Trinajstić information content (AvgIpc) is 2.66. The van der Waals surface area contributed by atoms with Gasteiger partial charge < -0.3 is 15.8 Å². The van der Waals surface area contributed by atoms with Gasteiger partial charge in [0, 0.05) is 32.0 Å². The number of hydrogen-bond acceptors (Lipinski definition) is 5. The molecule has 0 atom stereocenters. The number of hydrogen-bond donors (Lipinski definition) is 2. The Kier molecular flexibility index (Phi) is 5.36. The lowest BCUT2D eigenvalue weighted by Gasteiger charge is -2.11. The number of aryl methyl sites for hydroxylation is 2. The normalized spacial score (nSPS) is 11.2. The van der Waals surface area contributed by atoms with Gasteiger partial charge in [-0.15, -0.1) is 0 Å². The lowest BCUT2D eigenvalue weighted by molar-refractivity contribution is -0.655. The highest BCUT2D eigenvalue weighted by atomic mass is 16.5. The topological polar surface area (TPSA) is 103 Å². The fourth-order valence-electron chi connectivity index (χ4n) is 3.13. The molecule has 3 aromatic heterocycles. The molecule has 0 aliphatic rings. The van der Waals surface area contributed by atoms with E-state index in [2.05, 4.69) is 10.3 Å². The monoisotopic (exact) mass is 370 g/mol. The molecule has 0 spiro atoms. The standard InChI is InChI=1S/C19H23N5O3/c1-4-23-15(20)13(18(25)21-8-6-10-27-3)11-14-17(23)22-16-12(2)7-5-9-24(16)19(14)26/h5,7,9,11,20H,4,6,8,10H2,1-3H3,(H,21,25)/p+1. The number of nitrogens with zero attached hydrogens (tertiary/aromatic N) is 3. The predicted octanol–water partition coefficient (Wildman–Crippen LogP) is 0.812. The highest BCUT2D eigenvalue weighted by Gasteiger charge is 2.23. The van der Waals surface area contributed by atoms with Crippen LogP contribution in [-0.2, 0) is 11.3 Å². The number of carbonyl (C=O) groups excluding carboxylic acids is 1. The minimum absolute atomic E-state index is 0.227. The van der Waals surface area contributed by atoms with Gasteiger partial charge in [-0.25, -0.2) is 4.57 Å². The number of fused-ring (bicyclic) bond motifs is 2. The molecule has 8 heteroatoms. The summed E-state index contributed by atoms with van der Waals surface area (Å²) in [6.45, 7) is 5.30. The average molecular weight is 370 g/mol. The van der Waals surface area contributed by atoms with Crippen LogP contribution in [0.3, 0.4) is 0 Å². The number of rotatable bonds is 6. The summed E-state index contributed by atoms with van der Waals surface area (Å²) >= 11 is 0. The summed E-state index contributed by atoms with van der Waals surface area (Å²) in [5, 5.41) is 3.17. The fraction of sp³-hybridized carbons (Fsp3) is 0.368. The van der Waals surface area contributed by atoms with Crippen molar-refractivity contribution in [2.24, 2.45) is 0 Å². The van der Waals surface area contributed by atoms with Crippen LogP contribution in [0.5, 0.6) is 0 Å². The number of methoxy groups -OCH3 is 1. The van der Waals surface area contributed by atoms with Crippen molar-refractivity contribution in [2.45, 2.75) is 26.8 Å². The molecule has 0 radical (unpaired) electrons. The van der Waals surface area contributed by atoms with E-state index in [9.17, 15) is 9.59 Å². The molecule has 0 unspecified atom stereocenters. The zero-order valence-electron chi connectivity index (χ0n) is 15.8. The van der Waals surface area contributed by atoms with Crippen LogP contribution in [0.2, 0.25) is 0 Å². The third kappa shape index (κ3) is 3.35. The number of aromatic nitrogens is 3. The summed E-state index contributed by atoms with van der Waals surface area (Å²) in [6.07, 6.45) is 2.37. The lowest BCUT2D eigenvalue weighted by Crippen LogP contribution is -2.42. The molecular formula is C19H24N5O3+. The van der Waals surface area contributed by atoms with Crippen LogP contribution in [-0.4, -0.2) is 35.6 Å². The van der Waals surface area contributed by atoms with Gasteiger partial charge in [-0.1, -0.05) is 11.1 Å². The number of nitrogen functional groups attached to an aromatic ring is 1. The predicted molar refractivity (Wildman–Crippen MR) is 103 cm³/mol. The van der Waals surface area contributed by atoms with E-state index in [0.717, 1.165) is 5.56 Å². The van der Waals surface area contributed by atoms with E-state index in [-0.39, 0.29) is 17.0 Å². The van der Waals surface area contributed by atoms with E-state index in [1.165, 1.54) is 10.5 Å². The highest BCUT2D eigenvalue weighted by molar-refractivity contribution is 6.00. The van der Waals surface area contributed by atoms with Gasteiger partial charge in [0.05, 0.1) is 6.54 Å². The first-order valence-electron chi connectivity index (χ1n) is 8.90. The number of amides is 1. The Balaban J connectivity index is 2.19. The van der Waals surface area contributed by atoms with E-state index >= 15 is 0 Å². The molecule has 142 valence electrons. The summed E-state index contributed by atoms with van der Waals surface area (Å²) in [6, 6.07) is 5.23. The zero-order chi connectivity index (χ0) is 19.6. The smallest absolute Gasteiger partial charge is 0.278 e. The molecule has 0 saturated carbocycles. The number of anilines is 1. The molecular weight excluding hydrogens is 346 g/mol. The third-order valence-corrected chi connectivity index (χ3v) is 4.55. The van der Waals surface area contributed by atoms with Gasteiger partial charge in [-0.05, 0) is 32.4 Å². The first-order valence-corrected chi connectivity index (χ1v) is 8.90. The van der Waals surface area contributed by atoms with Crippen LogP contribution in [0.4, 0.5) is 5.82 Å². The van der Waals surface area contributed by atoms with Crippen LogP contribution in [0.1, 0.15) is 29.3 Å². The van der Waals surface area contributed by atoms with Crippen molar-refractivity contribution in [3.05, 3.63) is 45.9 Å². The molecule has 1 amide bonds. The van der Waals surface area contributed by atoms with Crippen molar-refractivity contribution >= 4 is 28.4 Å². The van der Waals surface area contributed by atoms with Crippen LogP contribution >= 0.6 is 0 Å².